The third kappa shape index (κ3) is 3.55. The first-order valence-corrected chi connectivity index (χ1v) is 9.94. The molecular weight excluding hydrogens is 346 g/mol. The van der Waals surface area contributed by atoms with Crippen molar-refractivity contribution in [1.82, 2.24) is 14.5 Å². The molecule has 5 nitrogen and oxygen atoms in total. The van der Waals surface area contributed by atoms with Gasteiger partial charge in [0.1, 0.15) is 10.9 Å². The maximum Gasteiger partial charge on any atom is 0.115 e. The summed E-state index contributed by atoms with van der Waals surface area (Å²) < 4.78 is 7.80. The van der Waals surface area contributed by atoms with Crippen LogP contribution >= 0.6 is 11.3 Å². The fourth-order valence-corrected chi connectivity index (χ4v) is 4.71. The Morgan fingerprint density at radius 2 is 2.00 bits per heavy atom. The lowest BCUT2D eigenvalue weighted by Crippen LogP contribution is -2.38. The number of rotatable bonds is 5. The molecule has 1 N–H and O–H groups in total. The molecule has 26 heavy (non-hydrogen) atoms. The SMILES string of the molecule is Cc1ccc(C(O)c2cc3cc(C)n(CCN4CCOCC4)c3s2)cn1. The summed E-state index contributed by atoms with van der Waals surface area (Å²) in [6, 6.07) is 8.23. The van der Waals surface area contributed by atoms with Crippen LogP contribution in [0.3, 0.4) is 0 Å². The van der Waals surface area contributed by atoms with Crippen molar-refractivity contribution in [2.45, 2.75) is 26.5 Å². The number of thiophene rings is 1. The number of aliphatic hydroxyl groups is 1. The second-order valence-corrected chi connectivity index (χ2v) is 8.00. The number of aliphatic hydroxyl groups excluding tert-OH is 1. The van der Waals surface area contributed by atoms with Crippen LogP contribution in [0.4, 0.5) is 0 Å². The fraction of sp³-hybridized carbons (Fsp3) is 0.450. The van der Waals surface area contributed by atoms with Gasteiger partial charge in [-0.3, -0.25) is 9.88 Å². The Balaban J connectivity index is 1.55. The van der Waals surface area contributed by atoms with E-state index in [9.17, 15) is 5.11 Å². The predicted molar refractivity (Wildman–Crippen MR) is 105 cm³/mol. The van der Waals surface area contributed by atoms with Gasteiger partial charge in [0.2, 0.25) is 0 Å². The van der Waals surface area contributed by atoms with Crippen LogP contribution in [0, 0.1) is 13.8 Å². The maximum absolute atomic E-state index is 10.7. The Labute approximate surface area is 157 Å². The molecule has 1 unspecified atom stereocenters. The van der Waals surface area contributed by atoms with Gasteiger partial charge in [-0.1, -0.05) is 6.07 Å². The number of aromatic nitrogens is 2. The monoisotopic (exact) mass is 371 g/mol. The Morgan fingerprint density at radius 1 is 1.19 bits per heavy atom. The van der Waals surface area contributed by atoms with E-state index in [0.717, 1.165) is 55.5 Å². The molecule has 1 fully saturated rings. The zero-order valence-electron chi connectivity index (χ0n) is 15.3. The van der Waals surface area contributed by atoms with E-state index >= 15 is 0 Å². The Hall–Kier alpha value is -1.73. The van der Waals surface area contributed by atoms with Crippen molar-refractivity contribution in [2.75, 3.05) is 32.8 Å². The van der Waals surface area contributed by atoms with E-state index in [1.807, 2.05) is 19.1 Å². The highest BCUT2D eigenvalue weighted by Crippen LogP contribution is 2.35. The first-order valence-electron chi connectivity index (χ1n) is 9.12. The molecule has 0 amide bonds. The van der Waals surface area contributed by atoms with Gasteiger partial charge in [0.25, 0.3) is 0 Å². The van der Waals surface area contributed by atoms with Crippen LogP contribution in [0.15, 0.2) is 30.5 Å². The summed E-state index contributed by atoms with van der Waals surface area (Å²) >= 11 is 1.68. The van der Waals surface area contributed by atoms with Gasteiger partial charge in [0, 0.05) is 59.6 Å². The van der Waals surface area contributed by atoms with E-state index in [1.165, 1.54) is 15.9 Å². The van der Waals surface area contributed by atoms with Crippen LogP contribution in [0.2, 0.25) is 0 Å². The topological polar surface area (TPSA) is 50.5 Å². The third-order valence-corrected chi connectivity index (χ3v) is 6.28. The van der Waals surface area contributed by atoms with Crippen molar-refractivity contribution in [3.63, 3.8) is 0 Å². The molecule has 0 aromatic carbocycles. The predicted octanol–water partition coefficient (Wildman–Crippen LogP) is 3.13. The van der Waals surface area contributed by atoms with Crippen molar-refractivity contribution in [1.29, 1.82) is 0 Å². The summed E-state index contributed by atoms with van der Waals surface area (Å²) in [7, 11) is 0. The second kappa shape index (κ2) is 7.48. The van der Waals surface area contributed by atoms with Crippen LogP contribution < -0.4 is 0 Å². The van der Waals surface area contributed by atoms with E-state index in [2.05, 4.69) is 33.5 Å². The van der Waals surface area contributed by atoms with Gasteiger partial charge >= 0.3 is 0 Å². The minimum Gasteiger partial charge on any atom is -0.383 e. The summed E-state index contributed by atoms with van der Waals surface area (Å²) in [5, 5.41) is 11.9. The first kappa shape index (κ1) is 17.7. The number of hydrogen-bond acceptors (Lipinski definition) is 5. The van der Waals surface area contributed by atoms with Crippen LogP contribution in [-0.2, 0) is 11.3 Å². The van der Waals surface area contributed by atoms with Crippen molar-refractivity contribution >= 4 is 21.6 Å². The second-order valence-electron chi connectivity index (χ2n) is 6.94. The molecule has 1 atom stereocenters. The molecule has 6 heteroatoms. The van der Waals surface area contributed by atoms with Gasteiger partial charge in [-0.15, -0.1) is 11.3 Å². The highest BCUT2D eigenvalue weighted by atomic mass is 32.1. The van der Waals surface area contributed by atoms with E-state index in [-0.39, 0.29) is 0 Å². The van der Waals surface area contributed by atoms with E-state index < -0.39 is 6.10 Å². The largest absolute Gasteiger partial charge is 0.383 e. The number of ether oxygens (including phenoxy) is 1. The summed E-state index contributed by atoms with van der Waals surface area (Å²) in [5.74, 6) is 0. The van der Waals surface area contributed by atoms with Crippen LogP contribution in [0.1, 0.15) is 27.9 Å². The molecule has 4 rings (SSSR count). The first-order chi connectivity index (χ1) is 12.6. The maximum atomic E-state index is 10.7. The quantitative estimate of drug-likeness (QED) is 0.749. The lowest BCUT2D eigenvalue weighted by Gasteiger charge is -2.26. The number of hydrogen-bond donors (Lipinski definition) is 1. The molecule has 0 bridgehead atoms. The zero-order valence-corrected chi connectivity index (χ0v) is 16.1. The molecule has 4 heterocycles. The van der Waals surface area contributed by atoms with Gasteiger partial charge in [-0.05, 0) is 32.0 Å². The molecule has 0 spiro atoms. The molecule has 1 aliphatic rings. The van der Waals surface area contributed by atoms with Crippen molar-refractivity contribution in [2.24, 2.45) is 0 Å². The van der Waals surface area contributed by atoms with Crippen LogP contribution in [0.25, 0.3) is 10.2 Å². The highest BCUT2D eigenvalue weighted by molar-refractivity contribution is 7.18. The third-order valence-electron chi connectivity index (χ3n) is 5.06. The van der Waals surface area contributed by atoms with Gasteiger partial charge < -0.3 is 14.4 Å². The molecule has 0 radical (unpaired) electrons. The van der Waals surface area contributed by atoms with Gasteiger partial charge in [0.05, 0.1) is 13.2 Å². The summed E-state index contributed by atoms with van der Waals surface area (Å²) in [6.45, 7) is 9.81. The molecule has 138 valence electrons. The summed E-state index contributed by atoms with van der Waals surface area (Å²) in [6.07, 6.45) is 1.15. The lowest BCUT2D eigenvalue weighted by molar-refractivity contribution is 0.0365. The highest BCUT2D eigenvalue weighted by Gasteiger charge is 2.18. The van der Waals surface area contributed by atoms with Gasteiger partial charge in [-0.25, -0.2) is 0 Å². The van der Waals surface area contributed by atoms with Gasteiger partial charge in [-0.2, -0.15) is 0 Å². The normalized spacial score (nSPS) is 17.0. The number of pyridine rings is 1. The van der Waals surface area contributed by atoms with Gasteiger partial charge in [0.15, 0.2) is 0 Å². The number of morpholine rings is 1. The van der Waals surface area contributed by atoms with Crippen LogP contribution in [-0.4, -0.2) is 52.4 Å². The molecule has 0 aliphatic carbocycles. The van der Waals surface area contributed by atoms with Crippen LogP contribution in [0.5, 0.6) is 0 Å². The molecular formula is C20H25N3O2S. The molecule has 3 aromatic heterocycles. The van der Waals surface area contributed by atoms with Crippen molar-refractivity contribution in [3.8, 4) is 0 Å². The standard InChI is InChI=1S/C20H25N3O2S/c1-14-3-4-16(13-21-14)19(24)18-12-17-11-15(2)23(20(17)26-18)6-5-22-7-9-25-10-8-22/h3-4,11-13,19,24H,5-10H2,1-2H3. The van der Waals surface area contributed by atoms with Crippen molar-refractivity contribution in [3.05, 3.63) is 52.3 Å². The zero-order chi connectivity index (χ0) is 18.1. The molecule has 0 saturated carbocycles. The molecule has 1 saturated heterocycles. The number of nitrogens with zero attached hydrogens (tertiary/aromatic N) is 3. The molecule has 3 aromatic rings. The Bertz CT molecular complexity index is 878. The number of fused-ring (bicyclic) bond motifs is 1. The Kier molecular flexibility index (Phi) is 5.09. The fourth-order valence-electron chi connectivity index (χ4n) is 3.48. The minimum atomic E-state index is -0.617. The van der Waals surface area contributed by atoms with Crippen molar-refractivity contribution < 1.29 is 9.84 Å². The average Bonchev–Trinajstić information content (AvgIpc) is 3.18. The minimum absolute atomic E-state index is 0.617. The van der Waals surface area contributed by atoms with E-state index in [1.54, 1.807) is 17.5 Å². The lowest BCUT2D eigenvalue weighted by atomic mass is 10.1. The van der Waals surface area contributed by atoms with E-state index in [0.29, 0.717) is 0 Å². The molecule has 1 aliphatic heterocycles. The summed E-state index contributed by atoms with van der Waals surface area (Å²) in [5.41, 5.74) is 3.08. The average molecular weight is 372 g/mol. The Morgan fingerprint density at radius 3 is 2.73 bits per heavy atom. The number of aryl methyl sites for hydroxylation is 2. The smallest absolute Gasteiger partial charge is 0.115 e. The summed E-state index contributed by atoms with van der Waals surface area (Å²) in [4.78, 5) is 8.97. The van der Waals surface area contributed by atoms with E-state index in [4.69, 9.17) is 4.74 Å².